The Hall–Kier alpha value is -1.29. The van der Waals surface area contributed by atoms with E-state index in [1.54, 1.807) is 6.07 Å². The predicted molar refractivity (Wildman–Crippen MR) is 58.8 cm³/mol. The van der Waals surface area contributed by atoms with Gasteiger partial charge in [-0.1, -0.05) is 0 Å². The molecule has 86 valence electrons. The van der Waals surface area contributed by atoms with E-state index in [4.69, 9.17) is 9.15 Å². The smallest absolute Gasteiger partial charge is 0.196 e. The summed E-state index contributed by atoms with van der Waals surface area (Å²) in [7, 11) is 0. The first-order valence-electron chi connectivity index (χ1n) is 5.73. The quantitative estimate of drug-likeness (QED) is 0.715. The summed E-state index contributed by atoms with van der Waals surface area (Å²) in [5.74, 6) is 1.21. The first-order valence-corrected chi connectivity index (χ1v) is 5.73. The Morgan fingerprint density at radius 2 is 2.00 bits per heavy atom. The van der Waals surface area contributed by atoms with Crippen LogP contribution in [0.2, 0.25) is 0 Å². The molecule has 3 rings (SSSR count). The number of hydrogen-bond donors (Lipinski definition) is 0. The number of furan rings is 1. The standard InChI is InChI=1S/C12H15NO3/c1-8(14)11-4-5-12(16-11)13-6-9-2-3-10(7-13)15-9/h4-5,9-10H,2-3,6-7H2,1H3. The van der Waals surface area contributed by atoms with E-state index < -0.39 is 0 Å². The zero-order valence-electron chi connectivity index (χ0n) is 9.31. The van der Waals surface area contributed by atoms with Gasteiger partial charge in [0.1, 0.15) is 0 Å². The molecule has 0 spiro atoms. The van der Waals surface area contributed by atoms with Gasteiger partial charge in [0.2, 0.25) is 0 Å². The molecule has 2 aliphatic heterocycles. The number of rotatable bonds is 2. The highest BCUT2D eigenvalue weighted by Crippen LogP contribution is 2.30. The van der Waals surface area contributed by atoms with E-state index in [1.165, 1.54) is 6.92 Å². The predicted octanol–water partition coefficient (Wildman–Crippen LogP) is 1.85. The topological polar surface area (TPSA) is 42.7 Å². The highest BCUT2D eigenvalue weighted by molar-refractivity contribution is 5.91. The van der Waals surface area contributed by atoms with Gasteiger partial charge < -0.3 is 14.1 Å². The SMILES string of the molecule is CC(=O)c1ccc(N2CC3CCC(C2)O3)o1. The van der Waals surface area contributed by atoms with Crippen molar-refractivity contribution in [3.8, 4) is 0 Å². The Morgan fingerprint density at radius 1 is 1.31 bits per heavy atom. The largest absolute Gasteiger partial charge is 0.437 e. The van der Waals surface area contributed by atoms with Gasteiger partial charge in [-0.15, -0.1) is 0 Å². The third-order valence-electron chi connectivity index (χ3n) is 3.29. The Morgan fingerprint density at radius 3 is 2.56 bits per heavy atom. The molecule has 16 heavy (non-hydrogen) atoms. The van der Waals surface area contributed by atoms with Crippen molar-refractivity contribution >= 4 is 11.7 Å². The van der Waals surface area contributed by atoms with Crippen LogP contribution in [0.15, 0.2) is 16.5 Å². The van der Waals surface area contributed by atoms with Crippen molar-refractivity contribution in [2.75, 3.05) is 18.0 Å². The van der Waals surface area contributed by atoms with E-state index in [-0.39, 0.29) is 5.78 Å². The average Bonchev–Trinajstić information content (AvgIpc) is 2.85. The van der Waals surface area contributed by atoms with Crippen LogP contribution >= 0.6 is 0 Å². The highest BCUT2D eigenvalue weighted by atomic mass is 16.5. The lowest BCUT2D eigenvalue weighted by Gasteiger charge is -2.31. The molecular formula is C12H15NO3. The summed E-state index contributed by atoms with van der Waals surface area (Å²) in [5, 5.41) is 0. The number of anilines is 1. The maximum Gasteiger partial charge on any atom is 0.196 e. The molecule has 3 heterocycles. The molecule has 0 radical (unpaired) electrons. The second-order valence-electron chi connectivity index (χ2n) is 4.56. The van der Waals surface area contributed by atoms with Gasteiger partial charge >= 0.3 is 0 Å². The van der Waals surface area contributed by atoms with E-state index in [1.807, 2.05) is 6.07 Å². The van der Waals surface area contributed by atoms with Crippen molar-refractivity contribution in [3.05, 3.63) is 17.9 Å². The second-order valence-corrected chi connectivity index (χ2v) is 4.56. The van der Waals surface area contributed by atoms with E-state index in [0.29, 0.717) is 18.0 Å². The lowest BCUT2D eigenvalue weighted by Crippen LogP contribution is -2.42. The summed E-state index contributed by atoms with van der Waals surface area (Å²) < 4.78 is 11.3. The van der Waals surface area contributed by atoms with E-state index in [9.17, 15) is 4.79 Å². The Bertz CT molecular complexity index is 400. The normalized spacial score (nSPS) is 28.4. The van der Waals surface area contributed by atoms with Crippen molar-refractivity contribution in [1.29, 1.82) is 0 Å². The molecule has 0 aromatic carbocycles. The molecule has 4 nitrogen and oxygen atoms in total. The van der Waals surface area contributed by atoms with Crippen LogP contribution < -0.4 is 4.90 Å². The summed E-state index contributed by atoms with van der Waals surface area (Å²) >= 11 is 0. The number of carbonyl (C=O) groups excluding carboxylic acids is 1. The Balaban J connectivity index is 1.79. The fraction of sp³-hybridized carbons (Fsp3) is 0.583. The zero-order valence-corrected chi connectivity index (χ0v) is 9.31. The van der Waals surface area contributed by atoms with Crippen LogP contribution in [0.4, 0.5) is 5.88 Å². The van der Waals surface area contributed by atoms with Crippen LogP contribution in [0, 0.1) is 0 Å². The minimum Gasteiger partial charge on any atom is -0.437 e. The number of fused-ring (bicyclic) bond motifs is 2. The average molecular weight is 221 g/mol. The van der Waals surface area contributed by atoms with E-state index in [2.05, 4.69) is 4.90 Å². The van der Waals surface area contributed by atoms with Gasteiger partial charge in [-0.25, -0.2) is 0 Å². The third-order valence-corrected chi connectivity index (χ3v) is 3.29. The number of morpholine rings is 1. The van der Waals surface area contributed by atoms with Crippen LogP contribution in [0.25, 0.3) is 0 Å². The minimum absolute atomic E-state index is 0.0255. The molecule has 0 aliphatic carbocycles. The Labute approximate surface area is 94.2 Å². The van der Waals surface area contributed by atoms with Crippen LogP contribution in [0.5, 0.6) is 0 Å². The lowest BCUT2D eigenvalue weighted by atomic mass is 10.2. The van der Waals surface area contributed by atoms with Crippen molar-refractivity contribution in [2.45, 2.75) is 32.0 Å². The summed E-state index contributed by atoms with van der Waals surface area (Å²) in [6.07, 6.45) is 2.96. The number of ketones is 1. The first-order chi connectivity index (χ1) is 7.72. The van der Waals surface area contributed by atoms with Crippen LogP contribution in [-0.4, -0.2) is 31.1 Å². The molecule has 2 unspecified atom stereocenters. The van der Waals surface area contributed by atoms with Crippen molar-refractivity contribution < 1.29 is 13.9 Å². The van der Waals surface area contributed by atoms with Gasteiger partial charge in [-0.2, -0.15) is 0 Å². The van der Waals surface area contributed by atoms with Crippen molar-refractivity contribution in [3.63, 3.8) is 0 Å². The maximum atomic E-state index is 11.1. The van der Waals surface area contributed by atoms with Crippen LogP contribution in [-0.2, 0) is 4.74 Å². The van der Waals surface area contributed by atoms with Crippen molar-refractivity contribution in [1.82, 2.24) is 0 Å². The van der Waals surface area contributed by atoms with Gasteiger partial charge in [0.05, 0.1) is 12.2 Å². The molecule has 0 saturated carbocycles. The maximum absolute atomic E-state index is 11.1. The molecule has 2 fully saturated rings. The molecule has 0 amide bonds. The molecule has 2 aliphatic rings. The first kappa shape index (κ1) is 9.90. The molecule has 1 aromatic rings. The van der Waals surface area contributed by atoms with Gasteiger partial charge in [-0.3, -0.25) is 4.79 Å². The van der Waals surface area contributed by atoms with Crippen LogP contribution in [0.1, 0.15) is 30.3 Å². The van der Waals surface area contributed by atoms with Gasteiger partial charge in [0.25, 0.3) is 0 Å². The summed E-state index contributed by atoms with van der Waals surface area (Å²) in [6.45, 7) is 3.27. The van der Waals surface area contributed by atoms with Gasteiger partial charge in [0.15, 0.2) is 17.4 Å². The molecule has 1 aromatic heterocycles. The van der Waals surface area contributed by atoms with Gasteiger partial charge in [-0.05, 0) is 18.9 Å². The third kappa shape index (κ3) is 1.63. The number of Topliss-reactive ketones (excluding diaryl/α,β-unsaturated/α-hetero) is 1. The highest BCUT2D eigenvalue weighted by Gasteiger charge is 2.34. The fourth-order valence-corrected chi connectivity index (χ4v) is 2.48. The molecule has 4 heteroatoms. The molecule has 0 N–H and O–H groups in total. The summed E-state index contributed by atoms with van der Waals surface area (Å²) in [5.41, 5.74) is 0. The van der Waals surface area contributed by atoms with E-state index >= 15 is 0 Å². The summed E-state index contributed by atoms with van der Waals surface area (Å²) in [6, 6.07) is 3.62. The van der Waals surface area contributed by atoms with Gasteiger partial charge in [0, 0.05) is 26.1 Å². The van der Waals surface area contributed by atoms with Crippen LogP contribution in [0.3, 0.4) is 0 Å². The summed E-state index contributed by atoms with van der Waals surface area (Å²) in [4.78, 5) is 13.3. The second kappa shape index (κ2) is 3.63. The molecular weight excluding hydrogens is 206 g/mol. The molecule has 2 saturated heterocycles. The number of carbonyl (C=O) groups is 1. The Kier molecular flexibility index (Phi) is 2.24. The minimum atomic E-state index is -0.0255. The fourth-order valence-electron chi connectivity index (χ4n) is 2.48. The zero-order chi connectivity index (χ0) is 11.1. The number of ether oxygens (including phenoxy) is 1. The lowest BCUT2D eigenvalue weighted by molar-refractivity contribution is 0.0291. The van der Waals surface area contributed by atoms with E-state index in [0.717, 1.165) is 31.8 Å². The monoisotopic (exact) mass is 221 g/mol. The number of hydrogen-bond acceptors (Lipinski definition) is 4. The molecule has 2 atom stereocenters. The molecule has 2 bridgehead atoms. The number of nitrogens with zero attached hydrogens (tertiary/aromatic N) is 1. The van der Waals surface area contributed by atoms with Crippen molar-refractivity contribution in [2.24, 2.45) is 0 Å².